The van der Waals surface area contributed by atoms with E-state index < -0.39 is 0 Å². The molecule has 0 aromatic carbocycles. The highest BCUT2D eigenvalue weighted by molar-refractivity contribution is 7.17. The predicted octanol–water partition coefficient (Wildman–Crippen LogP) is 2.04. The summed E-state index contributed by atoms with van der Waals surface area (Å²) in [5, 5.41) is 12.6. The lowest BCUT2D eigenvalue weighted by atomic mass is 9.89. The molecule has 3 N–H and O–H groups in total. The van der Waals surface area contributed by atoms with Crippen LogP contribution in [0.4, 0.5) is 10.7 Å². The first-order chi connectivity index (χ1) is 9.49. The molecule has 2 atom stereocenters. The lowest BCUT2D eigenvalue weighted by Crippen LogP contribution is -2.39. The summed E-state index contributed by atoms with van der Waals surface area (Å²) in [6.45, 7) is 6.28. The second-order valence-corrected chi connectivity index (χ2v) is 6.40. The number of rotatable bonds is 2. The molecule has 2 unspecified atom stereocenters. The Bertz CT molecular complexity index is 560. The second-order valence-electron chi connectivity index (χ2n) is 5.41. The molecule has 0 spiro atoms. The van der Waals surface area contributed by atoms with E-state index in [-0.39, 0.29) is 5.91 Å². The Morgan fingerprint density at radius 3 is 2.75 bits per heavy atom. The number of carbonyl (C=O) groups is 1. The molecule has 1 aromatic rings. The maximum absolute atomic E-state index is 12.1. The molecule has 1 fully saturated rings. The Kier molecular flexibility index (Phi) is 4.19. The van der Waals surface area contributed by atoms with Crippen LogP contribution < -0.4 is 16.0 Å². The number of hydrogen-bond donors (Lipinski definition) is 2. The smallest absolute Gasteiger partial charge is 0.256 e. The molecule has 1 aliphatic heterocycles. The van der Waals surface area contributed by atoms with Gasteiger partial charge in [0.1, 0.15) is 15.9 Å². The summed E-state index contributed by atoms with van der Waals surface area (Å²) in [5.74, 6) is 1.03. The van der Waals surface area contributed by atoms with Gasteiger partial charge in [-0.1, -0.05) is 13.8 Å². The molecule has 0 saturated carbocycles. The Balaban J connectivity index is 2.41. The molecular formula is C14H20N4OS. The fraction of sp³-hybridized carbons (Fsp3) is 0.571. The fourth-order valence-corrected chi connectivity index (χ4v) is 3.58. The molecule has 20 heavy (non-hydrogen) atoms. The SMILES string of the molecule is CNC(=O)c1c(N2CCC(C)C(C)C2)sc(C#N)c1N. The summed E-state index contributed by atoms with van der Waals surface area (Å²) in [6.07, 6.45) is 1.09. The number of piperidine rings is 1. The van der Waals surface area contributed by atoms with Crippen molar-refractivity contribution in [3.8, 4) is 6.07 Å². The Labute approximate surface area is 123 Å². The maximum atomic E-state index is 12.1. The fourth-order valence-electron chi connectivity index (χ4n) is 2.53. The van der Waals surface area contributed by atoms with E-state index in [0.29, 0.717) is 28.0 Å². The summed E-state index contributed by atoms with van der Waals surface area (Å²) in [7, 11) is 1.58. The third-order valence-corrected chi connectivity index (χ3v) is 5.27. The molecule has 5 nitrogen and oxygen atoms in total. The van der Waals surface area contributed by atoms with Gasteiger partial charge in [-0.2, -0.15) is 5.26 Å². The van der Waals surface area contributed by atoms with Crippen molar-refractivity contribution in [1.29, 1.82) is 5.26 Å². The third-order valence-electron chi connectivity index (χ3n) is 4.10. The van der Waals surface area contributed by atoms with Crippen LogP contribution in [0.1, 0.15) is 35.5 Å². The molecule has 108 valence electrons. The highest BCUT2D eigenvalue weighted by atomic mass is 32.1. The molecule has 0 bridgehead atoms. The number of nitrogens with zero attached hydrogens (tertiary/aromatic N) is 2. The van der Waals surface area contributed by atoms with Gasteiger partial charge < -0.3 is 16.0 Å². The molecule has 0 radical (unpaired) electrons. The van der Waals surface area contributed by atoms with E-state index in [1.54, 1.807) is 7.05 Å². The van der Waals surface area contributed by atoms with Crippen LogP contribution in [0.3, 0.4) is 0 Å². The second kappa shape index (κ2) is 5.71. The van der Waals surface area contributed by atoms with Crippen LogP contribution in [0.5, 0.6) is 0 Å². The Hall–Kier alpha value is -1.74. The molecular weight excluding hydrogens is 272 g/mol. The summed E-state index contributed by atoms with van der Waals surface area (Å²) in [4.78, 5) is 14.7. The molecule has 2 heterocycles. The number of nitriles is 1. The largest absolute Gasteiger partial charge is 0.396 e. The van der Waals surface area contributed by atoms with Gasteiger partial charge in [0.05, 0.1) is 11.3 Å². The third kappa shape index (κ3) is 2.46. The highest BCUT2D eigenvalue weighted by Gasteiger charge is 2.29. The zero-order valence-electron chi connectivity index (χ0n) is 12.1. The van der Waals surface area contributed by atoms with Gasteiger partial charge in [-0.05, 0) is 18.3 Å². The van der Waals surface area contributed by atoms with E-state index in [0.717, 1.165) is 24.5 Å². The molecule has 1 saturated heterocycles. The average molecular weight is 292 g/mol. The van der Waals surface area contributed by atoms with Gasteiger partial charge in [-0.3, -0.25) is 4.79 Å². The zero-order chi connectivity index (χ0) is 14.9. The topological polar surface area (TPSA) is 82.2 Å². The van der Waals surface area contributed by atoms with E-state index in [4.69, 9.17) is 11.0 Å². The van der Waals surface area contributed by atoms with Crippen LogP contribution in [0.15, 0.2) is 0 Å². The van der Waals surface area contributed by atoms with Crippen LogP contribution in [0, 0.1) is 23.2 Å². The number of nitrogens with one attached hydrogen (secondary N) is 1. The molecule has 1 amide bonds. The first kappa shape index (κ1) is 14.7. The number of thiophene rings is 1. The van der Waals surface area contributed by atoms with Crippen LogP contribution >= 0.6 is 11.3 Å². The summed E-state index contributed by atoms with van der Waals surface area (Å²) in [5.41, 5.74) is 6.72. The molecule has 2 rings (SSSR count). The van der Waals surface area contributed by atoms with E-state index in [2.05, 4.69) is 30.1 Å². The van der Waals surface area contributed by atoms with Crippen molar-refractivity contribution in [2.75, 3.05) is 30.8 Å². The number of nitrogens with two attached hydrogens (primary N) is 1. The number of hydrogen-bond acceptors (Lipinski definition) is 5. The van der Waals surface area contributed by atoms with Gasteiger partial charge in [-0.25, -0.2) is 0 Å². The van der Waals surface area contributed by atoms with Gasteiger partial charge in [0, 0.05) is 20.1 Å². The minimum atomic E-state index is -0.221. The van der Waals surface area contributed by atoms with Gasteiger partial charge in [0.2, 0.25) is 0 Å². The van der Waals surface area contributed by atoms with Crippen LogP contribution in [0.2, 0.25) is 0 Å². The van der Waals surface area contributed by atoms with Crippen molar-refractivity contribution in [3.63, 3.8) is 0 Å². The minimum absolute atomic E-state index is 0.221. The van der Waals surface area contributed by atoms with Crippen molar-refractivity contribution in [2.24, 2.45) is 11.8 Å². The van der Waals surface area contributed by atoms with Crippen molar-refractivity contribution in [2.45, 2.75) is 20.3 Å². The van der Waals surface area contributed by atoms with Gasteiger partial charge in [0.25, 0.3) is 5.91 Å². The number of nitrogen functional groups attached to an aromatic ring is 1. The van der Waals surface area contributed by atoms with Gasteiger partial charge in [-0.15, -0.1) is 11.3 Å². The molecule has 6 heteroatoms. The summed E-state index contributed by atoms with van der Waals surface area (Å²) < 4.78 is 0. The Morgan fingerprint density at radius 2 is 2.20 bits per heavy atom. The first-order valence-electron chi connectivity index (χ1n) is 6.79. The van der Waals surface area contributed by atoms with Crippen molar-refractivity contribution < 1.29 is 4.79 Å². The van der Waals surface area contributed by atoms with Crippen LogP contribution in [-0.2, 0) is 0 Å². The predicted molar refractivity (Wildman–Crippen MR) is 82.0 cm³/mol. The zero-order valence-corrected chi connectivity index (χ0v) is 12.9. The summed E-state index contributed by atoms with van der Waals surface area (Å²) in [6, 6.07) is 2.08. The lowest BCUT2D eigenvalue weighted by Gasteiger charge is -2.36. The quantitative estimate of drug-likeness (QED) is 0.874. The van der Waals surface area contributed by atoms with Gasteiger partial charge in [0.15, 0.2) is 0 Å². The van der Waals surface area contributed by atoms with E-state index >= 15 is 0 Å². The monoisotopic (exact) mass is 292 g/mol. The molecule has 0 aliphatic carbocycles. The van der Waals surface area contributed by atoms with Crippen LogP contribution in [-0.4, -0.2) is 26.0 Å². The summed E-state index contributed by atoms with van der Waals surface area (Å²) >= 11 is 1.32. The standard InChI is InChI=1S/C14H20N4OS/c1-8-4-5-18(7-9(8)2)14-11(13(19)17-3)12(16)10(6-15)20-14/h8-9H,4-5,7,16H2,1-3H3,(H,17,19). The number of carbonyl (C=O) groups excluding carboxylic acids is 1. The number of amides is 1. The Morgan fingerprint density at radius 1 is 1.50 bits per heavy atom. The number of anilines is 2. The van der Waals surface area contributed by atoms with Gasteiger partial charge >= 0.3 is 0 Å². The molecule has 1 aromatic heterocycles. The normalized spacial score (nSPS) is 22.4. The average Bonchev–Trinajstić information content (AvgIpc) is 2.78. The minimum Gasteiger partial charge on any atom is -0.396 e. The van der Waals surface area contributed by atoms with Crippen molar-refractivity contribution in [1.82, 2.24) is 5.32 Å². The van der Waals surface area contributed by atoms with Crippen LogP contribution in [0.25, 0.3) is 0 Å². The highest BCUT2D eigenvalue weighted by Crippen LogP contribution is 2.40. The van der Waals surface area contributed by atoms with Crippen molar-refractivity contribution in [3.05, 3.63) is 10.4 Å². The lowest BCUT2D eigenvalue weighted by molar-refractivity contribution is 0.0964. The van der Waals surface area contributed by atoms with E-state index in [1.807, 2.05) is 0 Å². The molecule has 1 aliphatic rings. The van der Waals surface area contributed by atoms with Crippen molar-refractivity contribution >= 4 is 27.9 Å². The maximum Gasteiger partial charge on any atom is 0.256 e. The van der Waals surface area contributed by atoms with E-state index in [9.17, 15) is 4.79 Å². The van der Waals surface area contributed by atoms with E-state index in [1.165, 1.54) is 11.3 Å². The first-order valence-corrected chi connectivity index (χ1v) is 7.60.